The van der Waals surface area contributed by atoms with Crippen molar-refractivity contribution >= 4 is 0 Å². The van der Waals surface area contributed by atoms with Crippen LogP contribution in [-0.2, 0) is 0 Å². The van der Waals surface area contributed by atoms with Gasteiger partial charge in [0.15, 0.2) is 0 Å². The van der Waals surface area contributed by atoms with Crippen LogP contribution < -0.4 is 0 Å². The Balaban J connectivity index is 3.36. The normalized spacial score (nSPS) is 12.4. The fraction of sp³-hybridized carbons (Fsp3) is 0.923. The monoisotopic (exact) mass is 195 g/mol. The first-order valence-corrected chi connectivity index (χ1v) is 6.22. The number of rotatable bonds is 9. The predicted octanol–water partition coefficient (Wildman–Crippen LogP) is 4.68. The van der Waals surface area contributed by atoms with Crippen molar-refractivity contribution in [1.29, 1.82) is 5.26 Å². The molecule has 0 aromatic carbocycles. The predicted molar refractivity (Wildman–Crippen MR) is 62.0 cm³/mol. The highest BCUT2D eigenvalue weighted by atomic mass is 14.2. The lowest BCUT2D eigenvalue weighted by molar-refractivity contribution is 0.427. The summed E-state index contributed by atoms with van der Waals surface area (Å²) in [6.07, 6.45) is 11.2. The van der Waals surface area contributed by atoms with Crippen LogP contribution in [0, 0.1) is 17.2 Å². The molecule has 0 aromatic rings. The largest absolute Gasteiger partial charge is 0.198 e. The van der Waals surface area contributed by atoms with Crippen LogP contribution in [0.4, 0.5) is 0 Å². The van der Waals surface area contributed by atoms with Crippen molar-refractivity contribution < 1.29 is 0 Å². The van der Waals surface area contributed by atoms with Gasteiger partial charge in [-0.05, 0) is 18.8 Å². The Labute approximate surface area is 89.5 Å². The molecule has 1 nitrogen and oxygen atoms in total. The van der Waals surface area contributed by atoms with Crippen LogP contribution in [-0.4, -0.2) is 0 Å². The van der Waals surface area contributed by atoms with Gasteiger partial charge in [-0.2, -0.15) is 5.26 Å². The van der Waals surface area contributed by atoms with Crippen molar-refractivity contribution in [1.82, 2.24) is 0 Å². The minimum atomic E-state index is 0.673. The average molecular weight is 195 g/mol. The van der Waals surface area contributed by atoms with Gasteiger partial charge in [-0.3, -0.25) is 0 Å². The third kappa shape index (κ3) is 8.10. The quantitative estimate of drug-likeness (QED) is 0.490. The van der Waals surface area contributed by atoms with E-state index in [1.807, 2.05) is 0 Å². The lowest BCUT2D eigenvalue weighted by Crippen LogP contribution is -1.98. The van der Waals surface area contributed by atoms with Crippen molar-refractivity contribution in [2.24, 2.45) is 5.92 Å². The summed E-state index contributed by atoms with van der Waals surface area (Å²) in [6, 6.07) is 2.30. The Hall–Kier alpha value is -0.510. The maximum absolute atomic E-state index is 8.65. The van der Waals surface area contributed by atoms with Crippen LogP contribution in [0.2, 0.25) is 0 Å². The highest BCUT2D eigenvalue weighted by Gasteiger charge is 2.06. The molecule has 0 bridgehead atoms. The third-order valence-corrected chi connectivity index (χ3v) is 2.79. The fourth-order valence-electron chi connectivity index (χ4n) is 1.92. The molecule has 14 heavy (non-hydrogen) atoms. The highest BCUT2D eigenvalue weighted by Crippen LogP contribution is 2.19. The zero-order valence-corrected chi connectivity index (χ0v) is 9.89. The summed E-state index contributed by atoms with van der Waals surface area (Å²) in [5.74, 6) is 0.673. The molecule has 1 atom stereocenters. The van der Waals surface area contributed by atoms with E-state index in [1.54, 1.807) is 0 Å². The summed E-state index contributed by atoms with van der Waals surface area (Å²) < 4.78 is 0. The summed E-state index contributed by atoms with van der Waals surface area (Å²) >= 11 is 0. The second-order valence-corrected chi connectivity index (χ2v) is 4.22. The van der Waals surface area contributed by atoms with Gasteiger partial charge in [-0.15, -0.1) is 0 Å². The molecule has 0 aliphatic carbocycles. The minimum Gasteiger partial charge on any atom is -0.198 e. The maximum Gasteiger partial charge on any atom is 0.0624 e. The molecule has 1 unspecified atom stereocenters. The summed E-state index contributed by atoms with van der Waals surface area (Å²) in [6.45, 7) is 4.46. The summed E-state index contributed by atoms with van der Waals surface area (Å²) in [7, 11) is 0. The molecule has 0 aliphatic heterocycles. The van der Waals surface area contributed by atoms with E-state index in [9.17, 15) is 0 Å². The molecular weight excluding hydrogens is 170 g/mol. The van der Waals surface area contributed by atoms with Crippen molar-refractivity contribution in [2.75, 3.05) is 0 Å². The molecule has 0 radical (unpaired) electrons. The van der Waals surface area contributed by atoms with E-state index in [-0.39, 0.29) is 0 Å². The Morgan fingerprint density at radius 2 is 1.64 bits per heavy atom. The SMILES string of the molecule is CCCCCCCC(CC#N)CCC. The smallest absolute Gasteiger partial charge is 0.0624 e. The van der Waals surface area contributed by atoms with Gasteiger partial charge in [0.1, 0.15) is 0 Å². The molecule has 0 rings (SSSR count). The van der Waals surface area contributed by atoms with Crippen LogP contribution in [0.25, 0.3) is 0 Å². The van der Waals surface area contributed by atoms with Gasteiger partial charge in [0, 0.05) is 6.42 Å². The van der Waals surface area contributed by atoms with Gasteiger partial charge in [-0.1, -0.05) is 52.4 Å². The van der Waals surface area contributed by atoms with E-state index in [0.717, 1.165) is 6.42 Å². The van der Waals surface area contributed by atoms with Crippen molar-refractivity contribution in [3.05, 3.63) is 0 Å². The average Bonchev–Trinajstić information content (AvgIpc) is 2.18. The second kappa shape index (κ2) is 10.6. The fourth-order valence-corrected chi connectivity index (χ4v) is 1.92. The van der Waals surface area contributed by atoms with Crippen LogP contribution in [0.5, 0.6) is 0 Å². The number of hydrogen-bond donors (Lipinski definition) is 0. The molecule has 0 heterocycles. The Bertz CT molecular complexity index is 146. The molecule has 0 saturated carbocycles. The van der Waals surface area contributed by atoms with Gasteiger partial charge < -0.3 is 0 Å². The van der Waals surface area contributed by atoms with Gasteiger partial charge in [0.25, 0.3) is 0 Å². The van der Waals surface area contributed by atoms with Crippen LogP contribution in [0.15, 0.2) is 0 Å². The maximum atomic E-state index is 8.65. The topological polar surface area (TPSA) is 23.8 Å². The third-order valence-electron chi connectivity index (χ3n) is 2.79. The van der Waals surface area contributed by atoms with E-state index in [2.05, 4.69) is 19.9 Å². The molecule has 0 fully saturated rings. The van der Waals surface area contributed by atoms with Gasteiger partial charge in [-0.25, -0.2) is 0 Å². The zero-order chi connectivity index (χ0) is 10.6. The lowest BCUT2D eigenvalue weighted by Gasteiger charge is -2.11. The van der Waals surface area contributed by atoms with E-state index >= 15 is 0 Å². The molecule has 82 valence electrons. The van der Waals surface area contributed by atoms with Crippen molar-refractivity contribution in [3.63, 3.8) is 0 Å². The van der Waals surface area contributed by atoms with Gasteiger partial charge in [0.05, 0.1) is 6.07 Å². The second-order valence-electron chi connectivity index (χ2n) is 4.22. The molecule has 0 aromatic heterocycles. The van der Waals surface area contributed by atoms with Crippen LogP contribution in [0.3, 0.4) is 0 Å². The van der Waals surface area contributed by atoms with E-state index in [0.29, 0.717) is 5.92 Å². The zero-order valence-electron chi connectivity index (χ0n) is 9.89. The Morgan fingerprint density at radius 3 is 2.21 bits per heavy atom. The molecule has 0 amide bonds. The number of unbranched alkanes of at least 4 members (excludes halogenated alkanes) is 4. The first-order valence-electron chi connectivity index (χ1n) is 6.22. The molecule has 0 spiro atoms. The van der Waals surface area contributed by atoms with E-state index in [4.69, 9.17) is 5.26 Å². The summed E-state index contributed by atoms with van der Waals surface area (Å²) in [5.41, 5.74) is 0. The number of nitrogens with zero attached hydrogens (tertiary/aromatic N) is 1. The Kier molecular flexibility index (Phi) is 10.2. The Morgan fingerprint density at radius 1 is 0.929 bits per heavy atom. The van der Waals surface area contributed by atoms with Crippen LogP contribution >= 0.6 is 0 Å². The first-order chi connectivity index (χ1) is 6.85. The molecule has 0 aliphatic rings. The number of hydrogen-bond acceptors (Lipinski definition) is 1. The number of nitriles is 1. The first kappa shape index (κ1) is 13.5. The molecule has 0 saturated heterocycles. The standard InChI is InChI=1S/C13H25N/c1-3-5-6-7-8-10-13(9-4-2)11-12-14/h13H,3-11H2,1-2H3. The van der Waals surface area contributed by atoms with Crippen LogP contribution in [0.1, 0.15) is 71.6 Å². The summed E-state index contributed by atoms with van der Waals surface area (Å²) in [5, 5.41) is 8.65. The minimum absolute atomic E-state index is 0.673. The van der Waals surface area contributed by atoms with E-state index in [1.165, 1.54) is 51.4 Å². The lowest BCUT2D eigenvalue weighted by atomic mass is 9.94. The summed E-state index contributed by atoms with van der Waals surface area (Å²) in [4.78, 5) is 0. The van der Waals surface area contributed by atoms with Crippen molar-refractivity contribution in [3.8, 4) is 6.07 Å². The van der Waals surface area contributed by atoms with Gasteiger partial charge in [0.2, 0.25) is 0 Å². The molecule has 0 N–H and O–H groups in total. The molecular formula is C13H25N. The highest BCUT2D eigenvalue weighted by molar-refractivity contribution is 4.75. The van der Waals surface area contributed by atoms with E-state index < -0.39 is 0 Å². The van der Waals surface area contributed by atoms with Gasteiger partial charge >= 0.3 is 0 Å². The van der Waals surface area contributed by atoms with Crippen molar-refractivity contribution in [2.45, 2.75) is 71.6 Å². The molecule has 1 heteroatoms.